The molecule has 1 aliphatic heterocycles. The van der Waals surface area contributed by atoms with Crippen molar-refractivity contribution in [2.45, 2.75) is 38.1 Å². The number of aryl methyl sites for hydroxylation is 1. The first-order valence-electron chi connectivity index (χ1n) is 10.8. The van der Waals surface area contributed by atoms with Crippen LogP contribution in [0.1, 0.15) is 42.0 Å². The maximum absolute atomic E-state index is 13.7. The van der Waals surface area contributed by atoms with Gasteiger partial charge in [-0.25, -0.2) is 14.1 Å². The van der Waals surface area contributed by atoms with Crippen LogP contribution in [0.2, 0.25) is 0 Å². The maximum Gasteiger partial charge on any atom is 0.247 e. The summed E-state index contributed by atoms with van der Waals surface area (Å²) in [6.07, 6.45) is 2.25. The highest BCUT2D eigenvalue weighted by Gasteiger charge is 2.33. The first-order chi connectivity index (χ1) is 15.6. The Morgan fingerprint density at radius 1 is 1.22 bits per heavy atom. The van der Waals surface area contributed by atoms with Crippen LogP contribution in [0.5, 0.6) is 0 Å². The van der Waals surface area contributed by atoms with Crippen molar-refractivity contribution >= 4 is 16.9 Å². The molecule has 2 atom stereocenters. The SMILES string of the molecule is Cc1nnnn1[C@@H](Cc1ccc(F)cc1)C(=O)N1CCC[C@H](c2nc3ccccc3[nH]2)C1. The number of H-pyrrole nitrogens is 1. The average Bonchev–Trinajstić information content (AvgIpc) is 3.44. The van der Waals surface area contributed by atoms with E-state index in [4.69, 9.17) is 4.98 Å². The van der Waals surface area contributed by atoms with Crippen LogP contribution in [-0.2, 0) is 11.2 Å². The molecule has 8 nitrogen and oxygen atoms in total. The number of aromatic nitrogens is 6. The van der Waals surface area contributed by atoms with Gasteiger partial charge in [-0.05, 0) is 60.0 Å². The zero-order chi connectivity index (χ0) is 22.1. The second-order valence-electron chi connectivity index (χ2n) is 8.28. The first-order valence-corrected chi connectivity index (χ1v) is 10.8. The number of hydrogen-bond donors (Lipinski definition) is 1. The smallest absolute Gasteiger partial charge is 0.247 e. The summed E-state index contributed by atoms with van der Waals surface area (Å²) in [5.74, 6) is 1.28. The Balaban J connectivity index is 1.39. The largest absolute Gasteiger partial charge is 0.342 e. The van der Waals surface area contributed by atoms with Crippen LogP contribution in [0.3, 0.4) is 0 Å². The molecule has 2 aromatic carbocycles. The third kappa shape index (κ3) is 3.98. The fraction of sp³-hybridized carbons (Fsp3) is 0.348. The number of carbonyl (C=O) groups is 1. The number of piperidine rings is 1. The highest BCUT2D eigenvalue weighted by Crippen LogP contribution is 2.29. The van der Waals surface area contributed by atoms with Crippen LogP contribution in [0.15, 0.2) is 48.5 Å². The number of nitrogens with zero attached hydrogens (tertiary/aromatic N) is 6. The summed E-state index contributed by atoms with van der Waals surface area (Å²) in [4.78, 5) is 23.7. The first kappa shape index (κ1) is 20.3. The molecule has 2 aromatic heterocycles. The topological polar surface area (TPSA) is 92.6 Å². The van der Waals surface area contributed by atoms with Crippen molar-refractivity contribution in [3.8, 4) is 0 Å². The van der Waals surface area contributed by atoms with Crippen LogP contribution in [0.4, 0.5) is 4.39 Å². The van der Waals surface area contributed by atoms with Gasteiger partial charge in [-0.3, -0.25) is 4.79 Å². The molecule has 1 fully saturated rings. The van der Waals surface area contributed by atoms with Gasteiger partial charge in [0, 0.05) is 25.4 Å². The minimum absolute atomic E-state index is 0.0365. The number of likely N-dealkylation sites (tertiary alicyclic amines) is 1. The summed E-state index contributed by atoms with van der Waals surface area (Å²) in [7, 11) is 0. The summed E-state index contributed by atoms with van der Waals surface area (Å²) in [6.45, 7) is 3.04. The van der Waals surface area contributed by atoms with Crippen molar-refractivity contribution in [3.05, 3.63) is 71.6 Å². The minimum atomic E-state index is -0.593. The van der Waals surface area contributed by atoms with E-state index in [2.05, 4.69) is 20.5 Å². The third-order valence-electron chi connectivity index (χ3n) is 6.11. The number of aromatic amines is 1. The van der Waals surface area contributed by atoms with Crippen molar-refractivity contribution in [3.63, 3.8) is 0 Å². The van der Waals surface area contributed by atoms with Gasteiger partial charge in [-0.1, -0.05) is 24.3 Å². The van der Waals surface area contributed by atoms with E-state index in [0.29, 0.717) is 25.3 Å². The van der Waals surface area contributed by atoms with Crippen LogP contribution in [0, 0.1) is 12.7 Å². The molecule has 5 rings (SSSR count). The van der Waals surface area contributed by atoms with Gasteiger partial charge < -0.3 is 9.88 Å². The lowest BCUT2D eigenvalue weighted by Gasteiger charge is -2.34. The van der Waals surface area contributed by atoms with E-state index in [9.17, 15) is 9.18 Å². The standard InChI is InChI=1S/C23H24FN7O/c1-15-27-28-29-31(15)21(13-16-8-10-18(24)11-9-16)23(32)30-12-4-5-17(14-30)22-25-19-6-2-3-7-20(19)26-22/h2-3,6-11,17,21H,4-5,12-14H2,1H3,(H,25,26)/t17-,21-/m0/s1. The Hall–Kier alpha value is -3.62. The average molecular weight is 433 g/mol. The van der Waals surface area contributed by atoms with Crippen molar-refractivity contribution in [2.75, 3.05) is 13.1 Å². The molecule has 1 aliphatic rings. The Morgan fingerprint density at radius 3 is 2.78 bits per heavy atom. The second-order valence-corrected chi connectivity index (χ2v) is 8.28. The number of rotatable bonds is 5. The van der Waals surface area contributed by atoms with Crippen molar-refractivity contribution < 1.29 is 9.18 Å². The summed E-state index contributed by atoms with van der Waals surface area (Å²) >= 11 is 0. The predicted molar refractivity (Wildman–Crippen MR) is 116 cm³/mol. The van der Waals surface area contributed by atoms with E-state index in [1.807, 2.05) is 29.2 Å². The number of amides is 1. The number of tetrazole rings is 1. The molecular weight excluding hydrogens is 409 g/mol. The zero-order valence-corrected chi connectivity index (χ0v) is 17.8. The van der Waals surface area contributed by atoms with Crippen LogP contribution >= 0.6 is 0 Å². The van der Waals surface area contributed by atoms with Crippen LogP contribution in [0.25, 0.3) is 11.0 Å². The zero-order valence-electron chi connectivity index (χ0n) is 17.8. The normalized spacial score (nSPS) is 17.6. The van der Waals surface area contributed by atoms with E-state index >= 15 is 0 Å². The fourth-order valence-corrected chi connectivity index (χ4v) is 4.43. The Morgan fingerprint density at radius 2 is 2.03 bits per heavy atom. The molecule has 0 unspecified atom stereocenters. The van der Waals surface area contributed by atoms with E-state index in [1.54, 1.807) is 23.7 Å². The molecule has 0 saturated carbocycles. The van der Waals surface area contributed by atoms with Gasteiger partial charge in [-0.15, -0.1) is 5.10 Å². The maximum atomic E-state index is 13.7. The molecule has 1 amide bonds. The molecule has 1 saturated heterocycles. The summed E-state index contributed by atoms with van der Waals surface area (Å²) in [5, 5.41) is 11.8. The minimum Gasteiger partial charge on any atom is -0.342 e. The lowest BCUT2D eigenvalue weighted by Crippen LogP contribution is -2.44. The molecule has 0 radical (unpaired) electrons. The van der Waals surface area contributed by atoms with Gasteiger partial charge in [0.1, 0.15) is 23.5 Å². The molecule has 0 aliphatic carbocycles. The summed E-state index contributed by atoms with van der Waals surface area (Å²) < 4.78 is 14.9. The molecular formula is C23H24FN7O. The predicted octanol–water partition coefficient (Wildman–Crippen LogP) is 3.19. The fourth-order valence-electron chi connectivity index (χ4n) is 4.43. The molecule has 1 N–H and O–H groups in total. The number of hydrogen-bond acceptors (Lipinski definition) is 5. The number of nitrogens with one attached hydrogen (secondary N) is 1. The van der Waals surface area contributed by atoms with Gasteiger partial charge in [0.05, 0.1) is 11.0 Å². The van der Waals surface area contributed by atoms with Crippen LogP contribution < -0.4 is 0 Å². The van der Waals surface area contributed by atoms with Crippen LogP contribution in [-0.4, -0.2) is 54.1 Å². The van der Waals surface area contributed by atoms with Gasteiger partial charge in [-0.2, -0.15) is 0 Å². The lowest BCUT2D eigenvalue weighted by molar-refractivity contribution is -0.136. The number of carbonyl (C=O) groups excluding carboxylic acids is 1. The molecule has 9 heteroatoms. The van der Waals surface area contributed by atoms with E-state index in [1.165, 1.54) is 12.1 Å². The van der Waals surface area contributed by atoms with Crippen molar-refractivity contribution in [1.82, 2.24) is 35.1 Å². The van der Waals surface area contributed by atoms with E-state index in [-0.39, 0.29) is 17.6 Å². The number of fused-ring (bicyclic) bond motifs is 1. The molecule has 32 heavy (non-hydrogen) atoms. The van der Waals surface area contributed by atoms with Gasteiger partial charge in [0.25, 0.3) is 0 Å². The molecule has 0 bridgehead atoms. The Labute approximate surface area is 184 Å². The van der Waals surface area contributed by atoms with E-state index < -0.39 is 6.04 Å². The van der Waals surface area contributed by atoms with Gasteiger partial charge >= 0.3 is 0 Å². The lowest BCUT2D eigenvalue weighted by atomic mass is 9.96. The Kier molecular flexibility index (Phi) is 5.38. The second kappa shape index (κ2) is 8.49. The highest BCUT2D eigenvalue weighted by atomic mass is 19.1. The van der Waals surface area contributed by atoms with Gasteiger partial charge in [0.2, 0.25) is 5.91 Å². The number of imidazole rings is 1. The monoisotopic (exact) mass is 433 g/mol. The van der Waals surface area contributed by atoms with Crippen molar-refractivity contribution in [2.24, 2.45) is 0 Å². The molecule has 4 aromatic rings. The molecule has 164 valence electrons. The highest BCUT2D eigenvalue weighted by molar-refractivity contribution is 5.81. The number of para-hydroxylation sites is 2. The summed E-state index contributed by atoms with van der Waals surface area (Å²) in [6, 6.07) is 13.6. The van der Waals surface area contributed by atoms with Crippen molar-refractivity contribution in [1.29, 1.82) is 0 Å². The molecule has 3 heterocycles. The summed E-state index contributed by atoms with van der Waals surface area (Å²) in [5.41, 5.74) is 2.79. The quantitative estimate of drug-likeness (QED) is 0.522. The Bertz CT molecular complexity index is 1200. The van der Waals surface area contributed by atoms with E-state index in [0.717, 1.165) is 35.3 Å². The number of benzene rings is 2. The third-order valence-corrected chi connectivity index (χ3v) is 6.11. The number of halogens is 1. The van der Waals surface area contributed by atoms with Gasteiger partial charge in [0.15, 0.2) is 0 Å². The molecule has 0 spiro atoms.